The molecule has 0 spiro atoms. The average Bonchev–Trinajstić information content (AvgIpc) is 2.56. The molecule has 25 heavy (non-hydrogen) atoms. The number of rotatable bonds is 17. The molecule has 0 radical (unpaired) electrons. The van der Waals surface area contributed by atoms with E-state index in [-0.39, 0.29) is 25.9 Å². The number of carboxylic acids is 1. The van der Waals surface area contributed by atoms with Crippen molar-refractivity contribution in [3.05, 3.63) is 12.2 Å². The zero-order valence-corrected chi connectivity index (χ0v) is 17.6. The van der Waals surface area contributed by atoms with Gasteiger partial charge < -0.3 is 12.7 Å². The SMILES string of the molecule is CCCCCCCCCCCCCCCCOC(=O)/C=C\C(=O)O.[H-].[H-].[Mg+2]. The van der Waals surface area contributed by atoms with Crippen molar-refractivity contribution in [1.29, 1.82) is 0 Å². The molecule has 0 aromatic rings. The number of ether oxygens (including phenoxy) is 1. The van der Waals surface area contributed by atoms with Crippen molar-refractivity contribution in [2.24, 2.45) is 0 Å². The van der Waals surface area contributed by atoms with Crippen molar-refractivity contribution in [2.75, 3.05) is 6.61 Å². The number of carbonyl (C=O) groups excluding carboxylic acids is 1. The van der Waals surface area contributed by atoms with Gasteiger partial charge in [0.2, 0.25) is 0 Å². The number of hydrogen-bond acceptors (Lipinski definition) is 3. The Bertz CT molecular complexity index is 353. The number of carbonyl (C=O) groups is 2. The summed E-state index contributed by atoms with van der Waals surface area (Å²) in [5, 5.41) is 8.37. The van der Waals surface area contributed by atoms with Crippen LogP contribution in [0.2, 0.25) is 0 Å². The van der Waals surface area contributed by atoms with Crippen molar-refractivity contribution in [3.63, 3.8) is 0 Å². The van der Waals surface area contributed by atoms with Gasteiger partial charge in [-0.25, -0.2) is 9.59 Å². The van der Waals surface area contributed by atoms with Gasteiger partial charge in [0.25, 0.3) is 0 Å². The van der Waals surface area contributed by atoms with Gasteiger partial charge in [0, 0.05) is 12.2 Å². The van der Waals surface area contributed by atoms with Crippen molar-refractivity contribution < 1.29 is 22.3 Å². The summed E-state index contributed by atoms with van der Waals surface area (Å²) in [6.07, 6.45) is 19.8. The first-order chi connectivity index (χ1) is 11.7. The van der Waals surface area contributed by atoms with Gasteiger partial charge in [-0.3, -0.25) is 0 Å². The summed E-state index contributed by atoms with van der Waals surface area (Å²) in [4.78, 5) is 21.3. The Labute approximate surface area is 172 Å². The normalized spacial score (nSPS) is 10.6. The van der Waals surface area contributed by atoms with Gasteiger partial charge in [-0.1, -0.05) is 90.4 Å². The van der Waals surface area contributed by atoms with E-state index in [1.165, 1.54) is 77.0 Å². The van der Waals surface area contributed by atoms with Gasteiger partial charge in [-0.2, -0.15) is 0 Å². The third-order valence-corrected chi connectivity index (χ3v) is 4.10. The number of aliphatic carboxylic acids is 1. The van der Waals surface area contributed by atoms with E-state index in [2.05, 4.69) is 6.92 Å². The monoisotopic (exact) mass is 366 g/mol. The van der Waals surface area contributed by atoms with Crippen LogP contribution in [0, 0.1) is 0 Å². The van der Waals surface area contributed by atoms with E-state index >= 15 is 0 Å². The molecular weight excluding hydrogens is 329 g/mol. The minimum absolute atomic E-state index is 0. The Hall–Kier alpha value is -0.554. The van der Waals surface area contributed by atoms with Crippen LogP contribution in [0.4, 0.5) is 0 Å². The molecule has 0 saturated carbocycles. The molecule has 5 heteroatoms. The summed E-state index contributed by atoms with van der Waals surface area (Å²) in [5.74, 6) is -1.71. The van der Waals surface area contributed by atoms with Gasteiger partial charge in [0.05, 0.1) is 6.61 Å². The van der Waals surface area contributed by atoms with Crippen molar-refractivity contribution in [1.82, 2.24) is 0 Å². The number of hydrogen-bond donors (Lipinski definition) is 1. The fourth-order valence-corrected chi connectivity index (χ4v) is 2.66. The van der Waals surface area contributed by atoms with Gasteiger partial charge in [0.15, 0.2) is 0 Å². The molecule has 4 nitrogen and oxygen atoms in total. The van der Waals surface area contributed by atoms with Crippen LogP contribution in [0.3, 0.4) is 0 Å². The summed E-state index contributed by atoms with van der Waals surface area (Å²) in [7, 11) is 0. The second-order valence-electron chi connectivity index (χ2n) is 6.44. The van der Waals surface area contributed by atoms with Gasteiger partial charge >= 0.3 is 35.0 Å². The van der Waals surface area contributed by atoms with Crippen LogP contribution in [0.15, 0.2) is 12.2 Å². The maximum Gasteiger partial charge on any atom is 2.00 e. The van der Waals surface area contributed by atoms with Crippen molar-refractivity contribution in [3.8, 4) is 0 Å². The quantitative estimate of drug-likeness (QED) is 0.160. The van der Waals surface area contributed by atoms with E-state index in [4.69, 9.17) is 9.84 Å². The maximum atomic E-state index is 11.1. The van der Waals surface area contributed by atoms with Crippen LogP contribution < -0.4 is 0 Å². The molecule has 1 N–H and O–H groups in total. The molecule has 0 aliphatic rings. The third-order valence-electron chi connectivity index (χ3n) is 4.10. The predicted octanol–water partition coefficient (Wildman–Crippen LogP) is 5.50. The van der Waals surface area contributed by atoms with E-state index in [9.17, 15) is 9.59 Å². The number of esters is 1. The maximum absolute atomic E-state index is 11.1. The summed E-state index contributed by atoms with van der Waals surface area (Å²) in [6, 6.07) is 0. The molecule has 0 fully saturated rings. The molecule has 0 aromatic carbocycles. The zero-order chi connectivity index (χ0) is 17.9. The zero-order valence-electron chi connectivity index (χ0n) is 18.1. The van der Waals surface area contributed by atoms with Crippen LogP contribution in [0.5, 0.6) is 0 Å². The van der Waals surface area contributed by atoms with E-state index in [0.29, 0.717) is 6.61 Å². The first-order valence-electron chi connectivity index (χ1n) is 9.74. The Kier molecular flexibility index (Phi) is 22.9. The Balaban J connectivity index is -0.000000882. The van der Waals surface area contributed by atoms with Crippen LogP contribution >= 0.6 is 0 Å². The van der Waals surface area contributed by atoms with Crippen LogP contribution in [-0.2, 0) is 14.3 Å². The molecule has 0 unspecified atom stereocenters. The van der Waals surface area contributed by atoms with Crippen LogP contribution in [-0.4, -0.2) is 46.7 Å². The van der Waals surface area contributed by atoms with Gasteiger partial charge in [-0.15, -0.1) is 0 Å². The Morgan fingerprint density at radius 3 is 1.56 bits per heavy atom. The van der Waals surface area contributed by atoms with Crippen molar-refractivity contribution >= 4 is 35.0 Å². The molecule has 0 bridgehead atoms. The molecule has 0 aliphatic carbocycles. The van der Waals surface area contributed by atoms with E-state index in [0.717, 1.165) is 25.0 Å². The van der Waals surface area contributed by atoms with Crippen LogP contribution in [0.25, 0.3) is 0 Å². The first-order valence-corrected chi connectivity index (χ1v) is 9.74. The molecule has 0 rings (SSSR count). The molecule has 0 aliphatic heterocycles. The molecule has 0 atom stereocenters. The molecule has 0 aromatic heterocycles. The van der Waals surface area contributed by atoms with Gasteiger partial charge in [0.1, 0.15) is 0 Å². The third kappa shape index (κ3) is 23.4. The average molecular weight is 367 g/mol. The Morgan fingerprint density at radius 2 is 1.16 bits per heavy atom. The minimum atomic E-state index is -1.14. The second kappa shape index (κ2) is 21.5. The topological polar surface area (TPSA) is 63.6 Å². The predicted molar refractivity (Wildman–Crippen MR) is 106 cm³/mol. The fourth-order valence-electron chi connectivity index (χ4n) is 2.66. The van der Waals surface area contributed by atoms with Gasteiger partial charge in [-0.05, 0) is 6.42 Å². The second-order valence-corrected chi connectivity index (χ2v) is 6.44. The minimum Gasteiger partial charge on any atom is -1.00 e. The molecule has 0 heterocycles. The van der Waals surface area contributed by atoms with Crippen molar-refractivity contribution in [2.45, 2.75) is 96.8 Å². The summed E-state index contributed by atoms with van der Waals surface area (Å²) in [6.45, 7) is 2.63. The smallest absolute Gasteiger partial charge is 1.00 e. The molecule has 0 amide bonds. The number of unbranched alkanes of at least 4 members (excludes halogenated alkanes) is 13. The standard InChI is InChI=1S/C20H36O4.Mg.2H/c1-2-3-4-5-6-7-8-9-10-11-12-13-14-15-18-24-20(23)17-16-19(21)22;;;/h16-17H,2-15,18H2,1H3,(H,21,22);;;/q;+2;2*-1/b17-16-;;;. The van der Waals surface area contributed by atoms with E-state index in [1.807, 2.05) is 0 Å². The number of carboxylic acid groups (broad SMARTS) is 1. The van der Waals surface area contributed by atoms with E-state index in [1.54, 1.807) is 0 Å². The fraction of sp³-hybridized carbons (Fsp3) is 0.800. The first kappa shape index (κ1) is 26.7. The summed E-state index contributed by atoms with van der Waals surface area (Å²) < 4.78 is 4.91. The molecule has 0 saturated heterocycles. The van der Waals surface area contributed by atoms with E-state index < -0.39 is 11.9 Å². The van der Waals surface area contributed by atoms with Crippen LogP contribution in [0.1, 0.15) is 99.7 Å². The molecular formula is C20H38MgO4. The summed E-state index contributed by atoms with van der Waals surface area (Å²) >= 11 is 0. The summed E-state index contributed by atoms with van der Waals surface area (Å²) in [5.41, 5.74) is 0. The Morgan fingerprint density at radius 1 is 0.760 bits per heavy atom. The molecule has 144 valence electrons. The largest absolute Gasteiger partial charge is 2.00 e.